The van der Waals surface area contributed by atoms with Gasteiger partial charge in [-0.1, -0.05) is 49.4 Å². The topological polar surface area (TPSA) is 52.9 Å². The fourth-order valence-electron chi connectivity index (χ4n) is 1.39. The number of carbonyl (C=O) groups is 1. The predicted octanol–water partition coefficient (Wildman–Crippen LogP) is 3.06. The second-order valence-electron chi connectivity index (χ2n) is 4.24. The molecule has 0 saturated heterocycles. The Balaban J connectivity index is 2.70. The summed E-state index contributed by atoms with van der Waals surface area (Å²) in [5, 5.41) is 11.7. The summed E-state index contributed by atoms with van der Waals surface area (Å²) in [6.07, 6.45) is 5.94. The summed E-state index contributed by atoms with van der Waals surface area (Å²) < 4.78 is 0. The molecule has 0 bridgehead atoms. The van der Waals surface area contributed by atoms with Crippen LogP contribution < -0.4 is 5.32 Å². The molecule has 0 saturated carbocycles. The van der Waals surface area contributed by atoms with Crippen LogP contribution >= 0.6 is 0 Å². The van der Waals surface area contributed by atoms with Crippen molar-refractivity contribution in [1.29, 1.82) is 5.26 Å². The lowest BCUT2D eigenvalue weighted by molar-refractivity contribution is -0.117. The maximum Gasteiger partial charge on any atom is 0.262 e. The van der Waals surface area contributed by atoms with Gasteiger partial charge >= 0.3 is 0 Å². The van der Waals surface area contributed by atoms with Crippen molar-refractivity contribution in [3.63, 3.8) is 0 Å². The van der Waals surface area contributed by atoms with Gasteiger partial charge in [0.25, 0.3) is 5.91 Å². The SMILES string of the molecule is CC[C@@H](C)NC(=O)/C(C#N)=C/C=C/c1ccccc1. The first-order chi connectivity index (χ1) is 9.17. The van der Waals surface area contributed by atoms with E-state index in [1.165, 1.54) is 6.08 Å². The largest absolute Gasteiger partial charge is 0.349 e. The van der Waals surface area contributed by atoms with Gasteiger partial charge in [-0.05, 0) is 25.0 Å². The van der Waals surface area contributed by atoms with E-state index in [1.807, 2.05) is 56.3 Å². The molecule has 0 aromatic heterocycles. The summed E-state index contributed by atoms with van der Waals surface area (Å²) in [4.78, 5) is 11.8. The first-order valence-electron chi connectivity index (χ1n) is 6.31. The summed E-state index contributed by atoms with van der Waals surface area (Å²) in [6, 6.07) is 11.7. The smallest absolute Gasteiger partial charge is 0.262 e. The summed E-state index contributed by atoms with van der Waals surface area (Å²) >= 11 is 0. The molecule has 19 heavy (non-hydrogen) atoms. The van der Waals surface area contributed by atoms with Crippen LogP contribution in [-0.2, 0) is 4.79 Å². The van der Waals surface area contributed by atoms with E-state index in [0.29, 0.717) is 0 Å². The van der Waals surface area contributed by atoms with Crippen molar-refractivity contribution in [2.75, 3.05) is 0 Å². The van der Waals surface area contributed by atoms with E-state index in [2.05, 4.69) is 5.32 Å². The Morgan fingerprint density at radius 2 is 2.11 bits per heavy atom. The van der Waals surface area contributed by atoms with Crippen LogP contribution in [0, 0.1) is 11.3 Å². The molecule has 1 N–H and O–H groups in total. The zero-order chi connectivity index (χ0) is 14.1. The minimum atomic E-state index is -0.324. The van der Waals surface area contributed by atoms with Crippen LogP contribution in [0.15, 0.2) is 48.1 Å². The van der Waals surface area contributed by atoms with Gasteiger partial charge in [-0.25, -0.2) is 0 Å². The number of amides is 1. The summed E-state index contributed by atoms with van der Waals surface area (Å²) in [6.45, 7) is 3.89. The molecular weight excluding hydrogens is 236 g/mol. The molecule has 0 heterocycles. The highest BCUT2D eigenvalue weighted by Gasteiger charge is 2.09. The van der Waals surface area contributed by atoms with Crippen molar-refractivity contribution < 1.29 is 4.79 Å². The Bertz CT molecular complexity index is 509. The van der Waals surface area contributed by atoms with Crippen molar-refractivity contribution in [1.82, 2.24) is 5.32 Å². The van der Waals surface area contributed by atoms with E-state index >= 15 is 0 Å². The maximum atomic E-state index is 11.8. The van der Waals surface area contributed by atoms with Crippen molar-refractivity contribution in [2.45, 2.75) is 26.3 Å². The number of benzene rings is 1. The Hall–Kier alpha value is -2.34. The standard InChI is InChI=1S/C16H18N2O/c1-3-13(2)18-16(19)15(12-17)11-7-10-14-8-5-4-6-9-14/h4-11,13H,3H2,1-2H3,(H,18,19)/b10-7+,15-11+/t13-/m1/s1. The van der Waals surface area contributed by atoms with Crippen molar-refractivity contribution in [3.8, 4) is 6.07 Å². The number of rotatable bonds is 5. The van der Waals surface area contributed by atoms with Crippen LogP contribution in [0.2, 0.25) is 0 Å². The first-order valence-corrected chi connectivity index (χ1v) is 6.31. The third kappa shape index (κ3) is 5.22. The Morgan fingerprint density at radius 1 is 1.42 bits per heavy atom. The molecule has 0 aliphatic carbocycles. The highest BCUT2D eigenvalue weighted by Crippen LogP contribution is 2.03. The molecule has 98 valence electrons. The number of hydrogen-bond donors (Lipinski definition) is 1. The molecule has 0 unspecified atom stereocenters. The predicted molar refractivity (Wildman–Crippen MR) is 77.1 cm³/mol. The van der Waals surface area contributed by atoms with E-state index in [0.717, 1.165) is 12.0 Å². The fourth-order valence-corrected chi connectivity index (χ4v) is 1.39. The molecule has 0 aliphatic rings. The molecule has 3 heteroatoms. The molecule has 1 aromatic rings. The van der Waals surface area contributed by atoms with Crippen LogP contribution in [0.25, 0.3) is 6.08 Å². The maximum absolute atomic E-state index is 11.8. The lowest BCUT2D eigenvalue weighted by atomic mass is 10.1. The summed E-state index contributed by atoms with van der Waals surface area (Å²) in [5.41, 5.74) is 1.14. The molecule has 1 rings (SSSR count). The van der Waals surface area contributed by atoms with E-state index in [-0.39, 0.29) is 17.5 Å². The van der Waals surface area contributed by atoms with E-state index in [1.54, 1.807) is 6.08 Å². The van der Waals surface area contributed by atoms with Crippen LogP contribution in [0.1, 0.15) is 25.8 Å². The van der Waals surface area contributed by atoms with Crippen LogP contribution in [0.3, 0.4) is 0 Å². The highest BCUT2D eigenvalue weighted by molar-refractivity contribution is 5.97. The number of nitrogens with one attached hydrogen (secondary N) is 1. The molecule has 0 radical (unpaired) electrons. The van der Waals surface area contributed by atoms with Gasteiger partial charge in [0.1, 0.15) is 11.6 Å². The Morgan fingerprint density at radius 3 is 2.68 bits per heavy atom. The molecule has 1 atom stereocenters. The third-order valence-corrected chi connectivity index (χ3v) is 2.71. The molecule has 0 fully saturated rings. The van der Waals surface area contributed by atoms with Gasteiger partial charge in [-0.3, -0.25) is 4.79 Å². The van der Waals surface area contributed by atoms with Gasteiger partial charge in [0.15, 0.2) is 0 Å². The van der Waals surface area contributed by atoms with E-state index in [4.69, 9.17) is 5.26 Å². The lowest BCUT2D eigenvalue weighted by Crippen LogP contribution is -2.32. The monoisotopic (exact) mass is 254 g/mol. The lowest BCUT2D eigenvalue weighted by Gasteiger charge is -2.09. The van der Waals surface area contributed by atoms with Crippen LogP contribution in [0.4, 0.5) is 0 Å². The number of nitriles is 1. The summed E-state index contributed by atoms with van der Waals surface area (Å²) in [7, 11) is 0. The number of hydrogen-bond acceptors (Lipinski definition) is 2. The molecule has 0 spiro atoms. The fraction of sp³-hybridized carbons (Fsp3) is 0.250. The normalized spacial score (nSPS) is 13.0. The van der Waals surface area contributed by atoms with Gasteiger partial charge in [-0.15, -0.1) is 0 Å². The number of allylic oxidation sites excluding steroid dienone is 2. The minimum Gasteiger partial charge on any atom is -0.349 e. The van der Waals surface area contributed by atoms with Gasteiger partial charge in [0, 0.05) is 6.04 Å². The third-order valence-electron chi connectivity index (χ3n) is 2.71. The number of nitrogens with zero attached hydrogens (tertiary/aromatic N) is 1. The average Bonchev–Trinajstić information content (AvgIpc) is 2.44. The first kappa shape index (κ1) is 14.7. The zero-order valence-electron chi connectivity index (χ0n) is 11.3. The van der Waals surface area contributed by atoms with Crippen LogP contribution in [0.5, 0.6) is 0 Å². The van der Waals surface area contributed by atoms with Crippen LogP contribution in [-0.4, -0.2) is 11.9 Å². The molecule has 1 aromatic carbocycles. The zero-order valence-corrected chi connectivity index (χ0v) is 11.3. The van der Waals surface area contributed by atoms with Gasteiger partial charge in [0.05, 0.1) is 0 Å². The average molecular weight is 254 g/mol. The second kappa shape index (κ2) is 7.88. The minimum absolute atomic E-state index is 0.0716. The Labute approximate surface area is 114 Å². The van der Waals surface area contributed by atoms with Crippen molar-refractivity contribution in [3.05, 3.63) is 53.6 Å². The van der Waals surface area contributed by atoms with Gasteiger partial charge in [-0.2, -0.15) is 5.26 Å². The molecule has 0 aliphatic heterocycles. The molecule has 1 amide bonds. The summed E-state index contributed by atoms with van der Waals surface area (Å²) in [5.74, 6) is -0.324. The quantitative estimate of drug-likeness (QED) is 0.499. The van der Waals surface area contributed by atoms with Crippen molar-refractivity contribution >= 4 is 12.0 Å². The van der Waals surface area contributed by atoms with Crippen molar-refractivity contribution in [2.24, 2.45) is 0 Å². The highest BCUT2D eigenvalue weighted by atomic mass is 16.1. The van der Waals surface area contributed by atoms with E-state index in [9.17, 15) is 4.79 Å². The second-order valence-corrected chi connectivity index (χ2v) is 4.24. The van der Waals surface area contributed by atoms with Gasteiger partial charge in [0.2, 0.25) is 0 Å². The van der Waals surface area contributed by atoms with E-state index < -0.39 is 0 Å². The molecular formula is C16H18N2O. The van der Waals surface area contributed by atoms with Gasteiger partial charge < -0.3 is 5.32 Å². The Kier molecular flexibility index (Phi) is 6.11. The molecule has 3 nitrogen and oxygen atoms in total. The number of carbonyl (C=O) groups excluding carboxylic acids is 1.